The maximum absolute atomic E-state index is 13.0. The summed E-state index contributed by atoms with van der Waals surface area (Å²) in [6.07, 6.45) is 7.20. The topological polar surface area (TPSA) is 37.3 Å². The lowest BCUT2D eigenvalue weighted by molar-refractivity contribution is 0.0930. The van der Waals surface area contributed by atoms with Crippen molar-refractivity contribution < 1.29 is 4.79 Å². The Hall–Kier alpha value is -2.07. The lowest BCUT2D eigenvalue weighted by Gasteiger charge is -2.31. The largest absolute Gasteiger partial charge is 0.353 e. The Labute approximate surface area is 163 Å². The van der Waals surface area contributed by atoms with Crippen molar-refractivity contribution >= 4 is 5.91 Å². The fraction of sp³-hybridized carbons (Fsp3) is 0.522. The number of likely N-dealkylation sites (tertiary alicyclic amines) is 1. The average Bonchev–Trinajstić information content (AvgIpc) is 2.86. The molecule has 0 saturated carbocycles. The van der Waals surface area contributed by atoms with E-state index >= 15 is 0 Å². The minimum Gasteiger partial charge on any atom is -0.353 e. The van der Waals surface area contributed by atoms with Crippen LogP contribution >= 0.6 is 0 Å². The highest BCUT2D eigenvalue weighted by Gasteiger charge is 2.24. The number of carbonyl (C=O) groups excluding carboxylic acids is 1. The van der Waals surface area contributed by atoms with Gasteiger partial charge >= 0.3 is 0 Å². The minimum atomic E-state index is 0.0408. The molecule has 27 heavy (non-hydrogen) atoms. The summed E-state index contributed by atoms with van der Waals surface area (Å²) >= 11 is 0. The molecule has 1 atom stereocenters. The van der Waals surface area contributed by atoms with Crippen LogP contribution in [-0.2, 0) is 7.05 Å². The van der Waals surface area contributed by atoms with Crippen molar-refractivity contribution in [2.75, 3.05) is 19.6 Å². The van der Waals surface area contributed by atoms with Crippen molar-refractivity contribution in [3.8, 4) is 0 Å². The fourth-order valence-electron chi connectivity index (χ4n) is 4.46. The van der Waals surface area contributed by atoms with Crippen molar-refractivity contribution in [3.63, 3.8) is 0 Å². The quantitative estimate of drug-likeness (QED) is 0.856. The molecule has 1 N–H and O–H groups in total. The second-order valence-electron chi connectivity index (χ2n) is 7.99. The van der Waals surface area contributed by atoms with Crippen LogP contribution in [0, 0.1) is 20.8 Å². The Morgan fingerprint density at radius 2 is 1.70 bits per heavy atom. The summed E-state index contributed by atoms with van der Waals surface area (Å²) in [6.45, 7) is 8.98. The molecule has 1 aromatic heterocycles. The zero-order valence-corrected chi connectivity index (χ0v) is 17.2. The first-order valence-corrected chi connectivity index (χ1v) is 10.2. The molecule has 2 heterocycles. The molecule has 1 amide bonds. The fourth-order valence-corrected chi connectivity index (χ4v) is 4.46. The van der Waals surface area contributed by atoms with E-state index in [1.807, 2.05) is 13.8 Å². The molecule has 1 aromatic carbocycles. The summed E-state index contributed by atoms with van der Waals surface area (Å²) in [6, 6.07) is 8.68. The van der Waals surface area contributed by atoms with E-state index in [0.29, 0.717) is 6.54 Å². The number of amides is 1. The number of hydrogen-bond donors (Lipinski definition) is 1. The predicted octanol–water partition coefficient (Wildman–Crippen LogP) is 4.30. The van der Waals surface area contributed by atoms with Gasteiger partial charge in [-0.05, 0) is 70.0 Å². The molecule has 2 aromatic rings. The summed E-state index contributed by atoms with van der Waals surface area (Å²) in [5.74, 6) is 0.0408. The lowest BCUT2D eigenvalue weighted by atomic mass is 9.99. The normalized spacial score (nSPS) is 16.7. The molecule has 4 heteroatoms. The summed E-state index contributed by atoms with van der Waals surface area (Å²) in [7, 11) is 2.09. The van der Waals surface area contributed by atoms with Crippen molar-refractivity contribution in [1.82, 2.24) is 14.8 Å². The van der Waals surface area contributed by atoms with E-state index in [1.54, 1.807) is 0 Å². The van der Waals surface area contributed by atoms with Crippen LogP contribution in [0.3, 0.4) is 0 Å². The molecule has 3 rings (SSSR count). The molecular formula is C23H33N3O. The van der Waals surface area contributed by atoms with Crippen molar-refractivity contribution in [3.05, 3.63) is 58.4 Å². The van der Waals surface area contributed by atoms with Crippen LogP contribution < -0.4 is 5.32 Å². The van der Waals surface area contributed by atoms with Gasteiger partial charge in [-0.3, -0.25) is 9.69 Å². The van der Waals surface area contributed by atoms with Gasteiger partial charge in [0.05, 0.1) is 6.04 Å². The highest BCUT2D eigenvalue weighted by atomic mass is 16.1. The van der Waals surface area contributed by atoms with Gasteiger partial charge in [-0.15, -0.1) is 0 Å². The Morgan fingerprint density at radius 3 is 2.26 bits per heavy atom. The number of carbonyl (C=O) groups is 1. The smallest absolute Gasteiger partial charge is 0.251 e. The first kappa shape index (κ1) is 19.7. The highest BCUT2D eigenvalue weighted by molar-refractivity contribution is 5.97. The SMILES string of the molecule is Cc1cc(C)c(C(=O)NCC(c2cccn2C)N2CCCCCC2)c(C)c1. The summed E-state index contributed by atoms with van der Waals surface area (Å²) in [5.41, 5.74) is 5.40. The van der Waals surface area contributed by atoms with Gasteiger partial charge in [-0.2, -0.15) is 0 Å². The van der Waals surface area contributed by atoms with E-state index in [2.05, 4.69) is 59.2 Å². The second-order valence-corrected chi connectivity index (χ2v) is 7.99. The molecule has 4 nitrogen and oxygen atoms in total. The van der Waals surface area contributed by atoms with Crippen LogP contribution in [0.1, 0.15) is 64.5 Å². The van der Waals surface area contributed by atoms with Gasteiger partial charge in [0, 0.05) is 31.0 Å². The molecule has 1 aliphatic heterocycles. The predicted molar refractivity (Wildman–Crippen MR) is 111 cm³/mol. The van der Waals surface area contributed by atoms with E-state index in [0.717, 1.165) is 29.8 Å². The van der Waals surface area contributed by atoms with E-state index in [4.69, 9.17) is 0 Å². The molecule has 1 fully saturated rings. The minimum absolute atomic E-state index is 0.0408. The number of hydrogen-bond acceptors (Lipinski definition) is 2. The number of aromatic nitrogens is 1. The maximum atomic E-state index is 13.0. The van der Waals surface area contributed by atoms with Crippen molar-refractivity contribution in [2.24, 2.45) is 7.05 Å². The van der Waals surface area contributed by atoms with Gasteiger partial charge in [-0.25, -0.2) is 0 Å². The molecular weight excluding hydrogens is 334 g/mol. The van der Waals surface area contributed by atoms with Gasteiger partial charge in [-0.1, -0.05) is 30.5 Å². The molecule has 1 saturated heterocycles. The molecule has 1 aliphatic rings. The van der Waals surface area contributed by atoms with E-state index in [-0.39, 0.29) is 11.9 Å². The van der Waals surface area contributed by atoms with Crippen LogP contribution in [-0.4, -0.2) is 35.0 Å². The van der Waals surface area contributed by atoms with Crippen LogP contribution in [0.2, 0.25) is 0 Å². The first-order valence-electron chi connectivity index (χ1n) is 10.2. The Morgan fingerprint density at radius 1 is 1.07 bits per heavy atom. The second kappa shape index (κ2) is 8.75. The third-order valence-electron chi connectivity index (χ3n) is 5.77. The zero-order chi connectivity index (χ0) is 19.4. The molecule has 146 valence electrons. The molecule has 0 spiro atoms. The van der Waals surface area contributed by atoms with Gasteiger partial charge < -0.3 is 9.88 Å². The Bertz CT molecular complexity index is 762. The molecule has 1 unspecified atom stereocenters. The Balaban J connectivity index is 1.78. The average molecular weight is 368 g/mol. The van der Waals surface area contributed by atoms with Gasteiger partial charge in [0.25, 0.3) is 5.91 Å². The zero-order valence-electron chi connectivity index (χ0n) is 17.2. The van der Waals surface area contributed by atoms with Crippen molar-refractivity contribution in [1.29, 1.82) is 0 Å². The van der Waals surface area contributed by atoms with Crippen LogP contribution in [0.15, 0.2) is 30.5 Å². The Kier molecular flexibility index (Phi) is 6.38. The number of nitrogens with one attached hydrogen (secondary N) is 1. The van der Waals surface area contributed by atoms with Gasteiger partial charge in [0.2, 0.25) is 0 Å². The van der Waals surface area contributed by atoms with Crippen LogP contribution in [0.4, 0.5) is 0 Å². The van der Waals surface area contributed by atoms with Crippen LogP contribution in [0.5, 0.6) is 0 Å². The highest BCUT2D eigenvalue weighted by Crippen LogP contribution is 2.24. The summed E-state index contributed by atoms with van der Waals surface area (Å²) in [5, 5.41) is 3.24. The van der Waals surface area contributed by atoms with Gasteiger partial charge in [0.1, 0.15) is 0 Å². The first-order chi connectivity index (χ1) is 13.0. The van der Waals surface area contributed by atoms with E-state index in [9.17, 15) is 4.79 Å². The molecule has 0 aliphatic carbocycles. The van der Waals surface area contributed by atoms with E-state index < -0.39 is 0 Å². The number of nitrogens with zero attached hydrogens (tertiary/aromatic N) is 2. The number of rotatable bonds is 5. The summed E-state index contributed by atoms with van der Waals surface area (Å²) < 4.78 is 2.18. The lowest BCUT2D eigenvalue weighted by Crippen LogP contribution is -2.39. The third-order valence-corrected chi connectivity index (χ3v) is 5.77. The van der Waals surface area contributed by atoms with Crippen LogP contribution in [0.25, 0.3) is 0 Å². The van der Waals surface area contributed by atoms with Crippen molar-refractivity contribution in [2.45, 2.75) is 52.5 Å². The maximum Gasteiger partial charge on any atom is 0.251 e. The van der Waals surface area contributed by atoms with E-state index in [1.165, 1.54) is 36.9 Å². The summed E-state index contributed by atoms with van der Waals surface area (Å²) in [4.78, 5) is 15.5. The standard InChI is InChI=1S/C23H33N3O/c1-17-14-18(2)22(19(3)15-17)23(27)24-16-21(20-10-9-11-25(20)4)26-12-7-5-6-8-13-26/h9-11,14-15,21H,5-8,12-13,16H2,1-4H3,(H,24,27). The monoisotopic (exact) mass is 367 g/mol. The number of benzene rings is 1. The third kappa shape index (κ3) is 4.62. The molecule has 0 radical (unpaired) electrons. The number of aryl methyl sites for hydroxylation is 4. The van der Waals surface area contributed by atoms with Gasteiger partial charge in [0.15, 0.2) is 0 Å². The molecule has 0 bridgehead atoms.